The van der Waals surface area contributed by atoms with E-state index in [0.717, 1.165) is 19.6 Å². The predicted molar refractivity (Wildman–Crippen MR) is 91.0 cm³/mol. The molecule has 3 atom stereocenters. The fourth-order valence-corrected chi connectivity index (χ4v) is 4.23. The van der Waals surface area contributed by atoms with E-state index in [-0.39, 0.29) is 18.3 Å². The van der Waals surface area contributed by atoms with E-state index in [0.29, 0.717) is 23.6 Å². The van der Waals surface area contributed by atoms with Crippen molar-refractivity contribution in [3.63, 3.8) is 0 Å². The molecular weight excluding hydrogens is 328 g/mol. The first-order chi connectivity index (χ1) is 11.1. The molecule has 1 aromatic heterocycles. The van der Waals surface area contributed by atoms with Gasteiger partial charge in [0, 0.05) is 31.6 Å². The number of hydrogen-bond donors (Lipinski definition) is 0. The van der Waals surface area contributed by atoms with Crippen LogP contribution in [0.2, 0.25) is 0 Å². The Morgan fingerprint density at radius 2 is 2.04 bits per heavy atom. The summed E-state index contributed by atoms with van der Waals surface area (Å²) >= 11 is 0. The molecule has 4 rings (SSSR count). The van der Waals surface area contributed by atoms with Crippen LogP contribution in [0.1, 0.15) is 27.7 Å². The average molecular weight is 349 g/mol. The topological polar surface area (TPSA) is 62.5 Å². The molecule has 0 spiro atoms. The summed E-state index contributed by atoms with van der Waals surface area (Å²) in [6, 6.07) is 8.92. The van der Waals surface area contributed by atoms with Crippen LogP contribution in [-0.2, 0) is 0 Å². The van der Waals surface area contributed by atoms with Crippen LogP contribution in [0.4, 0.5) is 0 Å². The number of carbonyl (C=O) groups excluding carboxylic acids is 1. The van der Waals surface area contributed by atoms with Gasteiger partial charge in [-0.2, -0.15) is 0 Å². The Bertz CT molecular complexity index is 721. The molecule has 2 saturated heterocycles. The van der Waals surface area contributed by atoms with Gasteiger partial charge in [0.05, 0.1) is 0 Å². The summed E-state index contributed by atoms with van der Waals surface area (Å²) in [5.74, 6) is 0.894. The fourth-order valence-electron chi connectivity index (χ4n) is 4.23. The number of nitrogens with zero attached hydrogens (tertiary/aromatic N) is 4. The van der Waals surface area contributed by atoms with Crippen LogP contribution in [-0.4, -0.2) is 52.7 Å². The average Bonchev–Trinajstić information content (AvgIpc) is 3.23. The number of amides is 1. The Morgan fingerprint density at radius 1 is 1.25 bits per heavy atom. The van der Waals surface area contributed by atoms with E-state index >= 15 is 0 Å². The van der Waals surface area contributed by atoms with E-state index < -0.39 is 0 Å². The normalized spacial score (nSPS) is 26.2. The van der Waals surface area contributed by atoms with Gasteiger partial charge in [-0.3, -0.25) is 9.69 Å². The number of fused-ring (bicyclic) bond motifs is 1. The summed E-state index contributed by atoms with van der Waals surface area (Å²) in [5.41, 5.74) is 2.99. The number of aryl methyl sites for hydroxylation is 1. The second kappa shape index (κ2) is 6.53. The van der Waals surface area contributed by atoms with Crippen molar-refractivity contribution in [2.24, 2.45) is 11.8 Å². The minimum atomic E-state index is -0.0770. The fraction of sp³-hybridized carbons (Fsp3) is 0.471. The lowest BCUT2D eigenvalue weighted by molar-refractivity contribution is 0.0756. The summed E-state index contributed by atoms with van der Waals surface area (Å²) in [7, 11) is 2.18. The predicted octanol–water partition coefficient (Wildman–Crippen LogP) is 2.17. The van der Waals surface area contributed by atoms with Crippen LogP contribution < -0.4 is 0 Å². The maximum absolute atomic E-state index is 12.5. The molecular formula is C17H21ClN4O2. The third-order valence-electron chi connectivity index (χ3n) is 5.27. The number of aromatic nitrogens is 2. The van der Waals surface area contributed by atoms with Crippen LogP contribution in [0, 0.1) is 18.8 Å². The quantitative estimate of drug-likeness (QED) is 0.832. The van der Waals surface area contributed by atoms with Crippen LogP contribution in [0.15, 0.2) is 35.1 Å². The SMILES string of the molecule is Cc1ccccc1[C@H]1[C@@H]2CN(C(=O)c3cnon3)C[C@@H]2CN1C.Cl. The molecule has 1 amide bonds. The minimum Gasteiger partial charge on any atom is -0.336 e. The first kappa shape index (κ1) is 16.9. The van der Waals surface area contributed by atoms with Crippen molar-refractivity contribution in [3.8, 4) is 0 Å². The number of hydrogen-bond acceptors (Lipinski definition) is 5. The Balaban J connectivity index is 0.00000169. The molecule has 7 heteroatoms. The van der Waals surface area contributed by atoms with Gasteiger partial charge in [0.1, 0.15) is 6.20 Å². The summed E-state index contributed by atoms with van der Waals surface area (Å²) in [5, 5.41) is 7.20. The number of halogens is 1. The van der Waals surface area contributed by atoms with E-state index in [2.05, 4.69) is 58.1 Å². The van der Waals surface area contributed by atoms with Crippen LogP contribution in [0.25, 0.3) is 0 Å². The number of rotatable bonds is 2. The van der Waals surface area contributed by atoms with Gasteiger partial charge >= 0.3 is 0 Å². The Morgan fingerprint density at radius 3 is 2.75 bits per heavy atom. The molecule has 1 aromatic carbocycles. The third-order valence-corrected chi connectivity index (χ3v) is 5.27. The maximum atomic E-state index is 12.5. The summed E-state index contributed by atoms with van der Waals surface area (Å²) in [4.78, 5) is 16.8. The second-order valence-electron chi connectivity index (χ2n) is 6.67. The van der Waals surface area contributed by atoms with Crippen molar-refractivity contribution in [3.05, 3.63) is 47.3 Å². The zero-order valence-corrected chi connectivity index (χ0v) is 14.6. The largest absolute Gasteiger partial charge is 0.336 e. The van der Waals surface area contributed by atoms with Gasteiger partial charge in [-0.15, -0.1) is 12.4 Å². The zero-order chi connectivity index (χ0) is 16.0. The van der Waals surface area contributed by atoms with Crippen LogP contribution >= 0.6 is 12.4 Å². The number of likely N-dealkylation sites (tertiary alicyclic amines) is 2. The van der Waals surface area contributed by atoms with E-state index in [1.807, 2.05) is 4.90 Å². The summed E-state index contributed by atoms with van der Waals surface area (Å²) < 4.78 is 4.56. The van der Waals surface area contributed by atoms with Crippen molar-refractivity contribution >= 4 is 18.3 Å². The molecule has 0 unspecified atom stereocenters. The van der Waals surface area contributed by atoms with E-state index in [1.165, 1.54) is 17.3 Å². The Hall–Kier alpha value is -1.92. The molecule has 0 bridgehead atoms. The molecule has 0 saturated carbocycles. The molecule has 2 aliphatic heterocycles. The van der Waals surface area contributed by atoms with E-state index in [9.17, 15) is 4.79 Å². The molecule has 0 radical (unpaired) electrons. The highest BCUT2D eigenvalue weighted by Crippen LogP contribution is 2.44. The number of carbonyl (C=O) groups is 1. The molecule has 2 fully saturated rings. The van der Waals surface area contributed by atoms with Gasteiger partial charge in [-0.25, -0.2) is 4.63 Å². The van der Waals surface area contributed by atoms with Crippen LogP contribution in [0.3, 0.4) is 0 Å². The summed E-state index contributed by atoms with van der Waals surface area (Å²) in [6.45, 7) is 4.72. The molecule has 2 aliphatic rings. The van der Waals surface area contributed by atoms with Gasteiger partial charge in [-0.1, -0.05) is 29.4 Å². The van der Waals surface area contributed by atoms with Gasteiger partial charge in [0.15, 0.2) is 5.69 Å². The van der Waals surface area contributed by atoms with Crippen molar-refractivity contribution in [1.82, 2.24) is 20.1 Å². The molecule has 2 aromatic rings. The van der Waals surface area contributed by atoms with Crippen LogP contribution in [0.5, 0.6) is 0 Å². The minimum absolute atomic E-state index is 0. The van der Waals surface area contributed by atoms with Gasteiger partial charge in [-0.05, 0) is 36.2 Å². The van der Waals surface area contributed by atoms with Gasteiger partial charge < -0.3 is 4.90 Å². The lowest BCUT2D eigenvalue weighted by Gasteiger charge is -2.27. The molecule has 128 valence electrons. The standard InChI is InChI=1S/C17H20N4O2.ClH/c1-11-5-3-4-6-13(11)16-14-10-21(9-12(14)8-20(16)2)17(22)15-7-18-23-19-15;/h3-7,12,14,16H,8-10H2,1-2H3;1H/t12-,14+,16-;/m0./s1. The highest BCUT2D eigenvalue weighted by Gasteiger charge is 2.47. The second-order valence-corrected chi connectivity index (χ2v) is 6.67. The van der Waals surface area contributed by atoms with Crippen molar-refractivity contribution in [2.75, 3.05) is 26.7 Å². The Kier molecular flexibility index (Phi) is 4.60. The zero-order valence-electron chi connectivity index (χ0n) is 13.8. The third kappa shape index (κ3) is 2.70. The molecule has 3 heterocycles. The molecule has 6 nitrogen and oxygen atoms in total. The molecule has 0 aliphatic carbocycles. The lowest BCUT2D eigenvalue weighted by atomic mass is 9.88. The van der Waals surface area contributed by atoms with Crippen molar-refractivity contribution < 1.29 is 9.42 Å². The monoisotopic (exact) mass is 348 g/mol. The lowest BCUT2D eigenvalue weighted by Crippen LogP contribution is -2.33. The van der Waals surface area contributed by atoms with E-state index in [4.69, 9.17) is 0 Å². The van der Waals surface area contributed by atoms with E-state index in [1.54, 1.807) is 0 Å². The number of benzene rings is 1. The first-order valence-corrected chi connectivity index (χ1v) is 7.97. The highest BCUT2D eigenvalue weighted by molar-refractivity contribution is 5.92. The van der Waals surface area contributed by atoms with Crippen molar-refractivity contribution in [1.29, 1.82) is 0 Å². The Labute approximate surface area is 147 Å². The first-order valence-electron chi connectivity index (χ1n) is 7.97. The maximum Gasteiger partial charge on any atom is 0.277 e. The smallest absolute Gasteiger partial charge is 0.277 e. The summed E-state index contributed by atoms with van der Waals surface area (Å²) in [6.07, 6.45) is 1.39. The molecule has 0 N–H and O–H groups in total. The molecule has 24 heavy (non-hydrogen) atoms. The van der Waals surface area contributed by atoms with Crippen molar-refractivity contribution in [2.45, 2.75) is 13.0 Å². The van der Waals surface area contributed by atoms with Gasteiger partial charge in [0.2, 0.25) is 0 Å². The highest BCUT2D eigenvalue weighted by atomic mass is 35.5. The van der Waals surface area contributed by atoms with Gasteiger partial charge in [0.25, 0.3) is 5.91 Å².